The SMILES string of the molecule is CCNC(c1ccc(C)cc1)C1CCCc2ccccc21. The maximum Gasteiger partial charge on any atom is 0.0389 e. The fraction of sp³-hybridized carbons (Fsp3) is 0.400. The van der Waals surface area contributed by atoms with Crippen LogP contribution in [0.2, 0.25) is 0 Å². The summed E-state index contributed by atoms with van der Waals surface area (Å²) in [7, 11) is 0. The lowest BCUT2D eigenvalue weighted by atomic mass is 9.76. The molecular weight excluding hydrogens is 254 g/mol. The van der Waals surface area contributed by atoms with Crippen LogP contribution in [0.25, 0.3) is 0 Å². The molecule has 2 aromatic rings. The minimum atomic E-state index is 0.428. The minimum Gasteiger partial charge on any atom is -0.310 e. The molecule has 1 aliphatic carbocycles. The lowest BCUT2D eigenvalue weighted by molar-refractivity contribution is 0.409. The molecule has 1 aliphatic rings. The zero-order chi connectivity index (χ0) is 14.7. The number of hydrogen-bond acceptors (Lipinski definition) is 1. The number of aryl methyl sites for hydroxylation is 2. The minimum absolute atomic E-state index is 0.428. The number of fused-ring (bicyclic) bond motifs is 1. The Morgan fingerprint density at radius 3 is 2.62 bits per heavy atom. The second kappa shape index (κ2) is 6.44. The molecule has 1 heteroatoms. The molecule has 110 valence electrons. The maximum absolute atomic E-state index is 3.73. The van der Waals surface area contributed by atoms with E-state index in [-0.39, 0.29) is 0 Å². The van der Waals surface area contributed by atoms with Gasteiger partial charge in [0.25, 0.3) is 0 Å². The summed E-state index contributed by atoms with van der Waals surface area (Å²) < 4.78 is 0. The molecule has 0 aromatic heterocycles. The average molecular weight is 279 g/mol. The van der Waals surface area contributed by atoms with E-state index in [1.807, 2.05) is 0 Å². The van der Waals surface area contributed by atoms with E-state index in [0.717, 1.165) is 6.54 Å². The molecule has 2 unspecified atom stereocenters. The molecule has 21 heavy (non-hydrogen) atoms. The van der Waals surface area contributed by atoms with Crippen molar-refractivity contribution in [3.8, 4) is 0 Å². The summed E-state index contributed by atoms with van der Waals surface area (Å²) in [5.74, 6) is 0.595. The number of benzene rings is 2. The molecule has 0 saturated carbocycles. The van der Waals surface area contributed by atoms with E-state index in [1.54, 1.807) is 11.1 Å². The fourth-order valence-electron chi connectivity index (χ4n) is 3.62. The Kier molecular flexibility index (Phi) is 4.40. The summed E-state index contributed by atoms with van der Waals surface area (Å²) in [5.41, 5.74) is 5.85. The highest BCUT2D eigenvalue weighted by atomic mass is 14.9. The molecular formula is C20H25N. The molecule has 2 atom stereocenters. The fourth-order valence-corrected chi connectivity index (χ4v) is 3.62. The van der Waals surface area contributed by atoms with Crippen molar-refractivity contribution in [2.45, 2.75) is 45.1 Å². The summed E-state index contributed by atoms with van der Waals surface area (Å²) in [6, 6.07) is 18.5. The van der Waals surface area contributed by atoms with Crippen LogP contribution in [0.1, 0.15) is 54.0 Å². The van der Waals surface area contributed by atoms with Crippen LogP contribution in [0.4, 0.5) is 0 Å². The van der Waals surface area contributed by atoms with Gasteiger partial charge in [0.05, 0.1) is 0 Å². The molecule has 0 fully saturated rings. The molecule has 1 nitrogen and oxygen atoms in total. The van der Waals surface area contributed by atoms with Crippen molar-refractivity contribution in [2.75, 3.05) is 6.54 Å². The Morgan fingerprint density at radius 2 is 1.86 bits per heavy atom. The quantitative estimate of drug-likeness (QED) is 0.850. The van der Waals surface area contributed by atoms with Crippen molar-refractivity contribution in [3.63, 3.8) is 0 Å². The first-order valence-corrected chi connectivity index (χ1v) is 8.17. The molecule has 0 heterocycles. The Morgan fingerprint density at radius 1 is 1.10 bits per heavy atom. The third kappa shape index (κ3) is 3.03. The van der Waals surface area contributed by atoms with Crippen LogP contribution in [0, 0.1) is 6.92 Å². The van der Waals surface area contributed by atoms with Gasteiger partial charge in [-0.3, -0.25) is 0 Å². The van der Waals surface area contributed by atoms with Gasteiger partial charge in [-0.1, -0.05) is 61.0 Å². The van der Waals surface area contributed by atoms with Crippen LogP contribution >= 0.6 is 0 Å². The topological polar surface area (TPSA) is 12.0 Å². The monoisotopic (exact) mass is 279 g/mol. The van der Waals surface area contributed by atoms with Crippen LogP contribution in [-0.4, -0.2) is 6.54 Å². The molecule has 0 spiro atoms. The largest absolute Gasteiger partial charge is 0.310 e. The smallest absolute Gasteiger partial charge is 0.0389 e. The molecule has 0 saturated heterocycles. The Bertz CT molecular complexity index is 585. The van der Waals surface area contributed by atoms with Crippen LogP contribution in [0.5, 0.6) is 0 Å². The highest BCUT2D eigenvalue weighted by Crippen LogP contribution is 2.40. The number of rotatable bonds is 4. The van der Waals surface area contributed by atoms with E-state index in [4.69, 9.17) is 0 Å². The van der Waals surface area contributed by atoms with Crippen molar-refractivity contribution in [1.29, 1.82) is 0 Å². The first-order chi connectivity index (χ1) is 10.3. The van der Waals surface area contributed by atoms with Crippen molar-refractivity contribution in [1.82, 2.24) is 5.32 Å². The van der Waals surface area contributed by atoms with Crippen LogP contribution in [0.15, 0.2) is 48.5 Å². The lowest BCUT2D eigenvalue weighted by Gasteiger charge is -2.33. The number of hydrogen-bond donors (Lipinski definition) is 1. The predicted octanol–water partition coefficient (Wildman–Crippen LogP) is 4.77. The third-order valence-corrected chi connectivity index (χ3v) is 4.68. The molecule has 0 amide bonds. The van der Waals surface area contributed by atoms with Crippen LogP contribution < -0.4 is 5.32 Å². The van der Waals surface area contributed by atoms with Gasteiger partial charge in [0.1, 0.15) is 0 Å². The van der Waals surface area contributed by atoms with Crippen LogP contribution in [-0.2, 0) is 6.42 Å². The lowest BCUT2D eigenvalue weighted by Crippen LogP contribution is -2.29. The van der Waals surface area contributed by atoms with E-state index < -0.39 is 0 Å². The Balaban J connectivity index is 1.96. The molecule has 0 radical (unpaired) electrons. The Labute approximate surface area is 128 Å². The maximum atomic E-state index is 3.73. The predicted molar refractivity (Wildman–Crippen MR) is 89.7 cm³/mol. The van der Waals surface area contributed by atoms with Gasteiger partial charge in [0, 0.05) is 12.0 Å². The van der Waals surface area contributed by atoms with Crippen molar-refractivity contribution >= 4 is 0 Å². The third-order valence-electron chi connectivity index (χ3n) is 4.68. The van der Waals surface area contributed by atoms with E-state index in [2.05, 4.69) is 67.7 Å². The summed E-state index contributed by atoms with van der Waals surface area (Å²) in [4.78, 5) is 0. The van der Waals surface area contributed by atoms with Gasteiger partial charge in [-0.15, -0.1) is 0 Å². The van der Waals surface area contributed by atoms with Gasteiger partial charge in [-0.25, -0.2) is 0 Å². The average Bonchev–Trinajstić information content (AvgIpc) is 2.53. The summed E-state index contributed by atoms with van der Waals surface area (Å²) in [6.07, 6.45) is 3.82. The van der Waals surface area contributed by atoms with Crippen molar-refractivity contribution < 1.29 is 0 Å². The van der Waals surface area contributed by atoms with E-state index >= 15 is 0 Å². The van der Waals surface area contributed by atoms with Gasteiger partial charge in [-0.05, 0) is 49.4 Å². The van der Waals surface area contributed by atoms with Crippen molar-refractivity contribution in [3.05, 3.63) is 70.8 Å². The molecule has 1 N–H and O–H groups in total. The zero-order valence-electron chi connectivity index (χ0n) is 13.1. The first-order valence-electron chi connectivity index (χ1n) is 8.17. The second-order valence-electron chi connectivity index (χ2n) is 6.14. The number of likely N-dealkylation sites (N-methyl/N-ethyl adjacent to an activating group) is 1. The highest BCUT2D eigenvalue weighted by Gasteiger charge is 2.28. The van der Waals surface area contributed by atoms with E-state index in [1.165, 1.54) is 30.4 Å². The van der Waals surface area contributed by atoms with E-state index in [9.17, 15) is 0 Å². The standard InChI is InChI=1S/C20H25N/c1-3-21-20(17-13-11-15(2)12-14-17)19-10-6-8-16-7-4-5-9-18(16)19/h4-5,7,9,11-14,19-21H,3,6,8,10H2,1-2H3. The highest BCUT2D eigenvalue weighted by molar-refractivity contribution is 5.36. The zero-order valence-corrected chi connectivity index (χ0v) is 13.1. The molecule has 2 aromatic carbocycles. The van der Waals surface area contributed by atoms with Gasteiger partial charge >= 0.3 is 0 Å². The second-order valence-corrected chi connectivity index (χ2v) is 6.14. The van der Waals surface area contributed by atoms with E-state index in [0.29, 0.717) is 12.0 Å². The Hall–Kier alpha value is -1.60. The first kappa shape index (κ1) is 14.3. The molecule has 3 rings (SSSR count). The summed E-state index contributed by atoms with van der Waals surface area (Å²) >= 11 is 0. The van der Waals surface area contributed by atoms with Gasteiger partial charge < -0.3 is 5.32 Å². The normalized spacial score (nSPS) is 19.0. The van der Waals surface area contributed by atoms with Crippen LogP contribution in [0.3, 0.4) is 0 Å². The van der Waals surface area contributed by atoms with Gasteiger partial charge in [0.15, 0.2) is 0 Å². The number of nitrogens with one attached hydrogen (secondary N) is 1. The van der Waals surface area contributed by atoms with Gasteiger partial charge in [0.2, 0.25) is 0 Å². The summed E-state index contributed by atoms with van der Waals surface area (Å²) in [5, 5.41) is 3.73. The molecule has 0 bridgehead atoms. The van der Waals surface area contributed by atoms with Crippen molar-refractivity contribution in [2.24, 2.45) is 0 Å². The van der Waals surface area contributed by atoms with Gasteiger partial charge in [-0.2, -0.15) is 0 Å². The summed E-state index contributed by atoms with van der Waals surface area (Å²) in [6.45, 7) is 5.37. The molecule has 0 aliphatic heterocycles.